The molecule has 1 aliphatic carbocycles. The number of rotatable bonds is 7. The molecule has 7 nitrogen and oxygen atoms in total. The fraction of sp³-hybridized carbons (Fsp3) is 0.467. The summed E-state index contributed by atoms with van der Waals surface area (Å²) in [5.41, 5.74) is 2.68. The minimum absolute atomic E-state index is 0.120. The molecule has 0 radical (unpaired) electrons. The number of hydrogen-bond acceptors (Lipinski definition) is 6. The Morgan fingerprint density at radius 1 is 1.14 bits per heavy atom. The number of ether oxygens (including phenoxy) is 3. The van der Waals surface area contributed by atoms with Crippen molar-refractivity contribution in [2.24, 2.45) is 5.92 Å². The molecule has 0 spiro atoms. The fourth-order valence-corrected chi connectivity index (χ4v) is 5.77. The van der Waals surface area contributed by atoms with Gasteiger partial charge in [0.2, 0.25) is 5.91 Å². The van der Waals surface area contributed by atoms with Crippen LogP contribution in [0.1, 0.15) is 45.6 Å². The number of carbonyl (C=O) groups is 1. The van der Waals surface area contributed by atoms with Gasteiger partial charge in [-0.05, 0) is 81.4 Å². The number of nitriles is 1. The third-order valence-corrected chi connectivity index (χ3v) is 7.31. The summed E-state index contributed by atoms with van der Waals surface area (Å²) >= 11 is 0. The molecule has 2 bridgehead atoms. The van der Waals surface area contributed by atoms with Crippen molar-refractivity contribution in [1.29, 1.82) is 5.26 Å². The van der Waals surface area contributed by atoms with E-state index in [1.165, 1.54) is 0 Å². The van der Waals surface area contributed by atoms with Gasteiger partial charge in [-0.15, -0.1) is 0 Å². The number of hydrogen-bond donors (Lipinski definition) is 1. The summed E-state index contributed by atoms with van der Waals surface area (Å²) in [4.78, 5) is 15.5. The highest BCUT2D eigenvalue weighted by molar-refractivity contribution is 5.83. The maximum atomic E-state index is 13.4. The molecule has 194 valence electrons. The van der Waals surface area contributed by atoms with E-state index in [0.29, 0.717) is 25.5 Å². The summed E-state index contributed by atoms with van der Waals surface area (Å²) in [5, 5.41) is 12.8. The molecule has 7 heteroatoms. The minimum Gasteiger partial charge on any atom is -0.486 e. The van der Waals surface area contributed by atoms with Gasteiger partial charge in [0.05, 0.1) is 6.07 Å². The quantitative estimate of drug-likeness (QED) is 0.548. The Hall–Kier alpha value is -3.66. The first-order valence-corrected chi connectivity index (χ1v) is 13.1. The van der Waals surface area contributed by atoms with Gasteiger partial charge >= 0.3 is 0 Å². The molecule has 0 aromatic heterocycles. The SMILES string of the molecule is C=C(OC(C)(C)C)N1[C@@H]2CC[C@@H](C2)[C@H]1C(=O)N[C@H](C#N)Cc1ccc(-c2ccc3c(c2)OCCO3)cc1. The van der Waals surface area contributed by atoms with Crippen molar-refractivity contribution in [3.8, 4) is 28.7 Å². The van der Waals surface area contributed by atoms with Crippen molar-refractivity contribution < 1.29 is 19.0 Å². The van der Waals surface area contributed by atoms with E-state index in [1.54, 1.807) is 0 Å². The molecule has 2 aliphatic heterocycles. The zero-order valence-electron chi connectivity index (χ0n) is 21.8. The molecule has 1 saturated carbocycles. The number of carbonyl (C=O) groups excluding carboxylic acids is 1. The summed E-state index contributed by atoms with van der Waals surface area (Å²) < 4.78 is 17.3. The van der Waals surface area contributed by atoms with Crippen LogP contribution in [0.2, 0.25) is 0 Å². The van der Waals surface area contributed by atoms with E-state index in [4.69, 9.17) is 14.2 Å². The number of benzene rings is 2. The zero-order chi connectivity index (χ0) is 26.2. The topological polar surface area (TPSA) is 83.8 Å². The van der Waals surface area contributed by atoms with Gasteiger partial charge in [0.1, 0.15) is 30.9 Å². The highest BCUT2D eigenvalue weighted by Gasteiger charge is 2.50. The van der Waals surface area contributed by atoms with E-state index in [-0.39, 0.29) is 29.5 Å². The van der Waals surface area contributed by atoms with Gasteiger partial charge in [-0.3, -0.25) is 4.79 Å². The summed E-state index contributed by atoms with van der Waals surface area (Å²) in [7, 11) is 0. The van der Waals surface area contributed by atoms with E-state index in [9.17, 15) is 10.1 Å². The molecule has 2 aromatic rings. The first-order chi connectivity index (χ1) is 17.7. The largest absolute Gasteiger partial charge is 0.486 e. The van der Waals surface area contributed by atoms with Crippen LogP contribution in [0, 0.1) is 17.2 Å². The number of nitrogens with zero attached hydrogens (tertiary/aromatic N) is 2. The van der Waals surface area contributed by atoms with Crippen molar-refractivity contribution >= 4 is 5.91 Å². The summed E-state index contributed by atoms with van der Waals surface area (Å²) in [5.74, 6) is 2.20. The molecular weight excluding hydrogens is 466 g/mol. The molecule has 1 saturated heterocycles. The zero-order valence-corrected chi connectivity index (χ0v) is 21.8. The number of piperidine rings is 1. The van der Waals surface area contributed by atoms with Crippen molar-refractivity contribution in [1.82, 2.24) is 10.2 Å². The number of amides is 1. The Kier molecular flexibility index (Phi) is 6.76. The van der Waals surface area contributed by atoms with Crippen LogP contribution < -0.4 is 14.8 Å². The Morgan fingerprint density at radius 3 is 2.54 bits per heavy atom. The molecule has 3 aliphatic rings. The molecule has 5 rings (SSSR count). The van der Waals surface area contributed by atoms with Crippen LogP contribution in [-0.2, 0) is 16.0 Å². The normalized spacial score (nSPS) is 22.8. The average molecular weight is 502 g/mol. The molecule has 1 amide bonds. The first kappa shape index (κ1) is 25.0. The third-order valence-electron chi connectivity index (χ3n) is 7.31. The second-order valence-corrected chi connectivity index (χ2v) is 11.1. The molecule has 2 aromatic carbocycles. The molecule has 1 N–H and O–H groups in total. The number of nitrogens with one attached hydrogen (secondary N) is 1. The standard InChI is InChI=1S/C30H35N3O4/c1-19(37-30(2,3)4)33-25-11-9-23(16-25)28(33)29(34)32-24(18-31)15-20-5-7-21(8-6-20)22-10-12-26-27(17-22)36-14-13-35-26/h5-8,10,12,17,23-25,28H,1,9,11,13-16H2,2-4H3,(H,32,34)/t23-,24-,25+,28-/m0/s1. The average Bonchev–Trinajstić information content (AvgIpc) is 3.49. The molecule has 4 atom stereocenters. The van der Waals surface area contributed by atoms with Gasteiger partial charge in [0, 0.05) is 12.5 Å². The van der Waals surface area contributed by atoms with Crippen LogP contribution in [0.3, 0.4) is 0 Å². The van der Waals surface area contributed by atoms with E-state index >= 15 is 0 Å². The lowest BCUT2D eigenvalue weighted by molar-refractivity contribution is -0.130. The molecule has 2 heterocycles. The predicted molar refractivity (Wildman–Crippen MR) is 141 cm³/mol. The molecule has 2 fully saturated rings. The van der Waals surface area contributed by atoms with E-state index in [0.717, 1.165) is 47.5 Å². The van der Waals surface area contributed by atoms with E-state index in [2.05, 4.69) is 18.0 Å². The van der Waals surface area contributed by atoms with Gasteiger partial charge in [-0.2, -0.15) is 5.26 Å². The summed E-state index contributed by atoms with van der Waals surface area (Å²) in [6.45, 7) is 11.2. The lowest BCUT2D eigenvalue weighted by Gasteiger charge is -2.39. The second-order valence-electron chi connectivity index (χ2n) is 11.1. The predicted octanol–water partition coefficient (Wildman–Crippen LogP) is 4.81. The third kappa shape index (κ3) is 5.39. The van der Waals surface area contributed by atoms with E-state index in [1.807, 2.05) is 68.1 Å². The van der Waals surface area contributed by atoms with Crippen molar-refractivity contribution in [3.63, 3.8) is 0 Å². The maximum Gasteiger partial charge on any atom is 0.244 e. The summed E-state index contributed by atoms with van der Waals surface area (Å²) in [6.07, 6.45) is 3.45. The maximum absolute atomic E-state index is 13.4. The molecule has 0 unspecified atom stereocenters. The second kappa shape index (κ2) is 10.0. The lowest BCUT2D eigenvalue weighted by atomic mass is 9.97. The Balaban J connectivity index is 1.24. The summed E-state index contributed by atoms with van der Waals surface area (Å²) in [6, 6.07) is 15.6. The monoisotopic (exact) mass is 501 g/mol. The fourth-order valence-electron chi connectivity index (χ4n) is 5.77. The van der Waals surface area contributed by atoms with Crippen LogP contribution in [0.4, 0.5) is 0 Å². The van der Waals surface area contributed by atoms with Crippen molar-refractivity contribution in [3.05, 3.63) is 60.5 Å². The smallest absolute Gasteiger partial charge is 0.244 e. The lowest BCUT2D eigenvalue weighted by Crippen LogP contribution is -2.52. The van der Waals surface area contributed by atoms with Gasteiger partial charge < -0.3 is 24.4 Å². The van der Waals surface area contributed by atoms with Gasteiger partial charge in [0.15, 0.2) is 17.4 Å². The molecular formula is C30H35N3O4. The van der Waals surface area contributed by atoms with Crippen LogP contribution >= 0.6 is 0 Å². The van der Waals surface area contributed by atoms with Crippen LogP contribution in [0.5, 0.6) is 11.5 Å². The Bertz CT molecular complexity index is 1210. The van der Waals surface area contributed by atoms with Crippen LogP contribution in [0.25, 0.3) is 11.1 Å². The highest BCUT2D eigenvalue weighted by atomic mass is 16.6. The highest BCUT2D eigenvalue weighted by Crippen LogP contribution is 2.45. The van der Waals surface area contributed by atoms with E-state index < -0.39 is 6.04 Å². The van der Waals surface area contributed by atoms with Crippen LogP contribution in [-0.4, -0.2) is 47.7 Å². The molecule has 37 heavy (non-hydrogen) atoms. The number of fused-ring (bicyclic) bond motifs is 3. The van der Waals surface area contributed by atoms with Crippen molar-refractivity contribution in [2.75, 3.05) is 13.2 Å². The van der Waals surface area contributed by atoms with Gasteiger partial charge in [-0.1, -0.05) is 30.3 Å². The van der Waals surface area contributed by atoms with Gasteiger partial charge in [-0.25, -0.2) is 0 Å². The first-order valence-electron chi connectivity index (χ1n) is 13.1. The van der Waals surface area contributed by atoms with Crippen LogP contribution in [0.15, 0.2) is 54.9 Å². The Morgan fingerprint density at radius 2 is 1.84 bits per heavy atom. The minimum atomic E-state index is -0.620. The number of likely N-dealkylation sites (tertiary alicyclic amines) is 1. The Labute approximate surface area is 219 Å². The van der Waals surface area contributed by atoms with Crippen molar-refractivity contribution in [2.45, 2.75) is 70.2 Å². The van der Waals surface area contributed by atoms with Gasteiger partial charge in [0.25, 0.3) is 0 Å².